The van der Waals surface area contributed by atoms with Gasteiger partial charge in [-0.05, 0) is 43.0 Å². The zero-order valence-electron chi connectivity index (χ0n) is 12.9. The number of fused-ring (bicyclic) bond motifs is 1. The molecule has 1 fully saturated rings. The molecule has 1 aromatic carbocycles. The number of carbonyl (C=O) groups is 1. The maximum absolute atomic E-state index is 12.1. The fraction of sp³-hybridized carbons (Fsp3) is 0.412. The standard InChI is InChI=1S/C17H19ClN2O3/c1-20(9-14(21)11-4-5-11)16(22)10-23-15-7-6-13(18)12-3-2-8-19-17(12)15/h2-3,6-8,11,14,21H,4-5,9-10H2,1H3. The van der Waals surface area contributed by atoms with E-state index in [4.69, 9.17) is 16.3 Å². The molecule has 1 aliphatic rings. The van der Waals surface area contributed by atoms with Gasteiger partial charge < -0.3 is 14.7 Å². The van der Waals surface area contributed by atoms with Crippen LogP contribution in [0.2, 0.25) is 5.02 Å². The Morgan fingerprint density at radius 1 is 1.48 bits per heavy atom. The minimum Gasteiger partial charge on any atom is -0.481 e. The van der Waals surface area contributed by atoms with Crippen LogP contribution < -0.4 is 4.74 Å². The average molecular weight is 335 g/mol. The van der Waals surface area contributed by atoms with Gasteiger partial charge >= 0.3 is 0 Å². The van der Waals surface area contributed by atoms with Crippen LogP contribution >= 0.6 is 11.6 Å². The van der Waals surface area contributed by atoms with Crippen molar-refractivity contribution in [2.75, 3.05) is 20.2 Å². The van der Waals surface area contributed by atoms with Gasteiger partial charge in [0.2, 0.25) is 0 Å². The quantitative estimate of drug-likeness (QED) is 0.881. The van der Waals surface area contributed by atoms with Crippen molar-refractivity contribution in [2.24, 2.45) is 5.92 Å². The van der Waals surface area contributed by atoms with Gasteiger partial charge in [-0.15, -0.1) is 0 Å². The molecule has 2 aromatic rings. The first-order chi connectivity index (χ1) is 11.1. The summed E-state index contributed by atoms with van der Waals surface area (Å²) in [4.78, 5) is 17.9. The Balaban J connectivity index is 1.63. The summed E-state index contributed by atoms with van der Waals surface area (Å²) in [7, 11) is 1.68. The molecule has 0 spiro atoms. The zero-order chi connectivity index (χ0) is 16.4. The van der Waals surface area contributed by atoms with Crippen molar-refractivity contribution < 1.29 is 14.6 Å². The van der Waals surface area contributed by atoms with Gasteiger partial charge in [0.1, 0.15) is 11.3 Å². The Morgan fingerprint density at radius 3 is 3.00 bits per heavy atom. The highest BCUT2D eigenvalue weighted by atomic mass is 35.5. The molecule has 122 valence electrons. The lowest BCUT2D eigenvalue weighted by molar-refractivity contribution is -0.133. The number of amides is 1. The molecule has 23 heavy (non-hydrogen) atoms. The molecule has 1 heterocycles. The van der Waals surface area contributed by atoms with Crippen LogP contribution in [0.25, 0.3) is 10.9 Å². The van der Waals surface area contributed by atoms with Gasteiger partial charge in [-0.25, -0.2) is 0 Å². The molecule has 0 aliphatic heterocycles. The highest BCUT2D eigenvalue weighted by Crippen LogP contribution is 2.33. The Labute approximate surface area is 139 Å². The topological polar surface area (TPSA) is 62.7 Å². The lowest BCUT2D eigenvalue weighted by Gasteiger charge is -2.21. The van der Waals surface area contributed by atoms with Crippen LogP contribution in [0.4, 0.5) is 0 Å². The molecular formula is C17H19ClN2O3. The lowest BCUT2D eigenvalue weighted by atomic mass is 10.2. The smallest absolute Gasteiger partial charge is 0.260 e. The van der Waals surface area contributed by atoms with Crippen molar-refractivity contribution in [3.05, 3.63) is 35.5 Å². The number of aliphatic hydroxyl groups is 1. The molecule has 1 atom stereocenters. The molecule has 1 unspecified atom stereocenters. The van der Waals surface area contributed by atoms with Gasteiger partial charge in [0.25, 0.3) is 5.91 Å². The molecule has 3 rings (SSSR count). The van der Waals surface area contributed by atoms with Gasteiger partial charge in [0, 0.05) is 25.2 Å². The summed E-state index contributed by atoms with van der Waals surface area (Å²) in [5.74, 6) is 0.689. The second kappa shape index (κ2) is 6.72. The highest BCUT2D eigenvalue weighted by molar-refractivity contribution is 6.35. The molecule has 0 bridgehead atoms. The van der Waals surface area contributed by atoms with Gasteiger partial charge in [0.15, 0.2) is 6.61 Å². The first-order valence-electron chi connectivity index (χ1n) is 7.64. The number of aromatic nitrogens is 1. The Kier molecular flexibility index (Phi) is 4.68. The fourth-order valence-electron chi connectivity index (χ4n) is 2.49. The molecule has 5 nitrogen and oxygen atoms in total. The van der Waals surface area contributed by atoms with Crippen LogP contribution in [0.3, 0.4) is 0 Å². The molecule has 6 heteroatoms. The van der Waals surface area contributed by atoms with Crippen LogP contribution in [0.1, 0.15) is 12.8 Å². The normalized spacial score (nSPS) is 15.4. The Morgan fingerprint density at radius 2 is 2.26 bits per heavy atom. The van der Waals surface area contributed by atoms with Crippen LogP contribution in [0, 0.1) is 5.92 Å². The largest absolute Gasteiger partial charge is 0.481 e. The third-order valence-electron chi connectivity index (χ3n) is 4.08. The van der Waals surface area contributed by atoms with E-state index in [1.54, 1.807) is 31.4 Å². The summed E-state index contributed by atoms with van der Waals surface area (Å²) in [6.45, 7) is 0.244. The number of hydrogen-bond donors (Lipinski definition) is 1. The van der Waals surface area contributed by atoms with Crippen molar-refractivity contribution in [3.8, 4) is 5.75 Å². The number of carbonyl (C=O) groups excluding carboxylic acids is 1. The second-order valence-electron chi connectivity index (χ2n) is 5.91. The van der Waals surface area contributed by atoms with Crippen LogP contribution in [0.5, 0.6) is 5.75 Å². The molecule has 1 amide bonds. The highest BCUT2D eigenvalue weighted by Gasteiger charge is 2.31. The number of pyridine rings is 1. The number of hydrogen-bond acceptors (Lipinski definition) is 4. The van der Waals surface area contributed by atoms with E-state index in [-0.39, 0.29) is 12.5 Å². The first-order valence-corrected chi connectivity index (χ1v) is 8.02. The third kappa shape index (κ3) is 3.74. The SMILES string of the molecule is CN(CC(O)C1CC1)C(=O)COc1ccc(Cl)c2cccnc12. The first kappa shape index (κ1) is 16.0. The van der Waals surface area contributed by atoms with Crippen molar-refractivity contribution in [1.82, 2.24) is 9.88 Å². The van der Waals surface area contributed by atoms with Crippen molar-refractivity contribution in [3.63, 3.8) is 0 Å². The second-order valence-corrected chi connectivity index (χ2v) is 6.32. The van der Waals surface area contributed by atoms with E-state index >= 15 is 0 Å². The number of halogens is 1. The number of nitrogens with zero attached hydrogens (tertiary/aromatic N) is 2. The van der Waals surface area contributed by atoms with E-state index in [0.29, 0.717) is 28.8 Å². The van der Waals surface area contributed by atoms with E-state index in [1.165, 1.54) is 4.90 Å². The van der Waals surface area contributed by atoms with Gasteiger partial charge in [-0.2, -0.15) is 0 Å². The van der Waals surface area contributed by atoms with Crippen LogP contribution in [-0.4, -0.2) is 47.2 Å². The Bertz CT molecular complexity index is 718. The van der Waals surface area contributed by atoms with E-state index in [0.717, 1.165) is 18.2 Å². The van der Waals surface area contributed by atoms with E-state index < -0.39 is 6.10 Å². The predicted octanol–water partition coefficient (Wildman–Crippen LogP) is 2.50. The lowest BCUT2D eigenvalue weighted by Crippen LogP contribution is -2.38. The predicted molar refractivity (Wildman–Crippen MR) is 88.6 cm³/mol. The van der Waals surface area contributed by atoms with Crippen LogP contribution in [-0.2, 0) is 4.79 Å². The zero-order valence-corrected chi connectivity index (χ0v) is 13.7. The fourth-order valence-corrected chi connectivity index (χ4v) is 2.71. The van der Waals surface area contributed by atoms with Crippen molar-refractivity contribution in [1.29, 1.82) is 0 Å². The molecule has 0 saturated heterocycles. The van der Waals surface area contributed by atoms with Gasteiger partial charge in [0.05, 0.1) is 11.1 Å². The molecule has 1 saturated carbocycles. The summed E-state index contributed by atoms with van der Waals surface area (Å²) in [5, 5.41) is 11.3. The van der Waals surface area contributed by atoms with E-state index in [1.807, 2.05) is 6.07 Å². The summed E-state index contributed by atoms with van der Waals surface area (Å²) in [6.07, 6.45) is 3.30. The molecular weight excluding hydrogens is 316 g/mol. The minimum absolute atomic E-state index is 0.0960. The van der Waals surface area contributed by atoms with Crippen LogP contribution in [0.15, 0.2) is 30.5 Å². The molecule has 1 aliphatic carbocycles. The number of aliphatic hydroxyl groups excluding tert-OH is 1. The summed E-state index contributed by atoms with van der Waals surface area (Å²) in [5.41, 5.74) is 0.633. The summed E-state index contributed by atoms with van der Waals surface area (Å²) >= 11 is 6.14. The third-order valence-corrected chi connectivity index (χ3v) is 4.41. The van der Waals surface area contributed by atoms with E-state index in [9.17, 15) is 9.90 Å². The summed E-state index contributed by atoms with van der Waals surface area (Å²) in [6, 6.07) is 7.10. The van der Waals surface area contributed by atoms with E-state index in [2.05, 4.69) is 4.98 Å². The molecule has 1 N–H and O–H groups in total. The van der Waals surface area contributed by atoms with Gasteiger partial charge in [-0.3, -0.25) is 9.78 Å². The summed E-state index contributed by atoms with van der Waals surface area (Å²) < 4.78 is 5.62. The average Bonchev–Trinajstić information content (AvgIpc) is 3.39. The monoisotopic (exact) mass is 334 g/mol. The van der Waals surface area contributed by atoms with Crippen molar-refractivity contribution >= 4 is 28.4 Å². The number of rotatable bonds is 6. The maximum Gasteiger partial charge on any atom is 0.260 e. The number of benzene rings is 1. The Hall–Kier alpha value is -1.85. The van der Waals surface area contributed by atoms with Crippen molar-refractivity contribution in [2.45, 2.75) is 18.9 Å². The number of likely N-dealkylation sites (N-methyl/N-ethyl adjacent to an activating group) is 1. The molecule has 1 aromatic heterocycles. The minimum atomic E-state index is -0.443. The van der Waals surface area contributed by atoms with Gasteiger partial charge in [-0.1, -0.05) is 11.6 Å². The molecule has 0 radical (unpaired) electrons. The number of ether oxygens (including phenoxy) is 1. The maximum atomic E-state index is 12.1.